The lowest BCUT2D eigenvalue weighted by Crippen LogP contribution is -2.29. The van der Waals surface area contributed by atoms with Gasteiger partial charge in [0.05, 0.1) is 36.8 Å². The largest absolute Gasteiger partial charge is 0.494 e. The molecule has 1 aliphatic heterocycles. The Hall–Kier alpha value is -3.96. The number of nitrogens with one attached hydrogen (secondary N) is 2. The van der Waals surface area contributed by atoms with Gasteiger partial charge in [-0.3, -0.25) is 9.71 Å². The number of halogens is 1. The van der Waals surface area contributed by atoms with Gasteiger partial charge in [-0.1, -0.05) is 6.07 Å². The third kappa shape index (κ3) is 5.19. The van der Waals surface area contributed by atoms with E-state index in [1.165, 1.54) is 19.2 Å². The molecule has 3 heterocycles. The molecule has 1 aliphatic rings. The number of ether oxygens (including phenoxy) is 1. The smallest absolute Gasteiger partial charge is 0.229 e. The van der Waals surface area contributed by atoms with Crippen molar-refractivity contribution < 1.29 is 17.5 Å². The first-order valence-corrected chi connectivity index (χ1v) is 14.5. The van der Waals surface area contributed by atoms with Gasteiger partial charge in [0, 0.05) is 35.0 Å². The molecule has 1 fully saturated rings. The third-order valence-electron chi connectivity index (χ3n) is 6.73. The van der Waals surface area contributed by atoms with E-state index in [0.29, 0.717) is 16.5 Å². The fourth-order valence-electron chi connectivity index (χ4n) is 5.14. The Balaban J connectivity index is 1.66. The molecule has 0 saturated carbocycles. The summed E-state index contributed by atoms with van der Waals surface area (Å²) < 4.78 is 47.5. The van der Waals surface area contributed by atoms with Crippen LogP contribution in [0.3, 0.4) is 0 Å². The van der Waals surface area contributed by atoms with E-state index in [9.17, 15) is 12.8 Å². The van der Waals surface area contributed by atoms with Gasteiger partial charge in [0.2, 0.25) is 10.0 Å². The van der Waals surface area contributed by atoms with Crippen LogP contribution < -0.4 is 19.7 Å². The van der Waals surface area contributed by atoms with Gasteiger partial charge < -0.3 is 19.5 Å². The van der Waals surface area contributed by atoms with Crippen LogP contribution in [0.5, 0.6) is 5.75 Å². The fraction of sp³-hybridized carbons (Fsp3) is 0.214. The summed E-state index contributed by atoms with van der Waals surface area (Å²) in [5.41, 5.74) is 5.69. The van der Waals surface area contributed by atoms with Crippen molar-refractivity contribution in [1.82, 2.24) is 14.9 Å². The molecule has 0 spiro atoms. The number of benzene rings is 2. The molecular weight excluding hydrogens is 537 g/mol. The first-order chi connectivity index (χ1) is 18.6. The Kier molecular flexibility index (Phi) is 7.04. The number of methoxy groups -OCH3 is 1. The Morgan fingerprint density at radius 1 is 1.05 bits per heavy atom. The number of aryl methyl sites for hydroxylation is 1. The molecule has 4 aromatic rings. The second-order valence-corrected chi connectivity index (χ2v) is 11.5. The van der Waals surface area contributed by atoms with Crippen LogP contribution in [0.2, 0.25) is 0 Å². The van der Waals surface area contributed by atoms with Crippen molar-refractivity contribution in [2.24, 2.45) is 0 Å². The lowest BCUT2D eigenvalue weighted by Gasteiger charge is -2.29. The van der Waals surface area contributed by atoms with E-state index in [4.69, 9.17) is 17.0 Å². The van der Waals surface area contributed by atoms with Crippen LogP contribution in [0, 0.1) is 19.7 Å². The highest BCUT2D eigenvalue weighted by atomic mass is 32.2. The minimum Gasteiger partial charge on any atom is -0.494 e. The van der Waals surface area contributed by atoms with E-state index < -0.39 is 10.0 Å². The number of nitrogens with zero attached hydrogens (tertiary/aromatic N) is 3. The number of rotatable bonds is 7. The van der Waals surface area contributed by atoms with Gasteiger partial charge in [0.1, 0.15) is 11.6 Å². The molecule has 2 aromatic carbocycles. The van der Waals surface area contributed by atoms with Crippen molar-refractivity contribution in [2.75, 3.05) is 23.0 Å². The molecule has 2 atom stereocenters. The van der Waals surface area contributed by atoms with Crippen molar-refractivity contribution in [3.05, 3.63) is 101 Å². The standard InChI is InChI=1S/C28H28FN5O3S2/c1-17-15-22(18(2)33(17)20-10-8-19(29)9-11-20)27-26(24-7-5-6-14-30-24)31-28(38)34(27)21-12-13-23(25(16-21)37-3)32-39(4,35)36/h5-16,26-27,32H,1-4H3,(H,31,38)/t26-,27+/m1/s1. The topological polar surface area (TPSA) is 88.5 Å². The zero-order chi connectivity index (χ0) is 27.9. The summed E-state index contributed by atoms with van der Waals surface area (Å²) in [6.45, 7) is 4.04. The molecule has 8 nitrogen and oxygen atoms in total. The Morgan fingerprint density at radius 2 is 1.77 bits per heavy atom. The van der Waals surface area contributed by atoms with Crippen LogP contribution in [0.25, 0.3) is 5.69 Å². The lowest BCUT2D eigenvalue weighted by atomic mass is 9.96. The molecule has 5 rings (SSSR count). The average Bonchev–Trinajstić information content (AvgIpc) is 3.39. The molecule has 202 valence electrons. The van der Waals surface area contributed by atoms with E-state index >= 15 is 0 Å². The first kappa shape index (κ1) is 26.6. The van der Waals surface area contributed by atoms with Gasteiger partial charge in [-0.15, -0.1) is 0 Å². The summed E-state index contributed by atoms with van der Waals surface area (Å²) in [4.78, 5) is 6.61. The minimum absolute atomic E-state index is 0.277. The number of anilines is 2. The quantitative estimate of drug-likeness (QED) is 0.298. The van der Waals surface area contributed by atoms with E-state index in [2.05, 4.69) is 25.7 Å². The van der Waals surface area contributed by atoms with Crippen molar-refractivity contribution >= 4 is 38.7 Å². The van der Waals surface area contributed by atoms with Crippen molar-refractivity contribution in [1.29, 1.82) is 0 Å². The molecule has 2 N–H and O–H groups in total. The van der Waals surface area contributed by atoms with E-state index in [1.54, 1.807) is 36.5 Å². The van der Waals surface area contributed by atoms with Crippen LogP contribution >= 0.6 is 12.2 Å². The zero-order valence-corrected chi connectivity index (χ0v) is 23.5. The van der Waals surface area contributed by atoms with E-state index in [1.807, 2.05) is 36.9 Å². The highest BCUT2D eigenvalue weighted by Gasteiger charge is 2.42. The summed E-state index contributed by atoms with van der Waals surface area (Å²) in [6, 6.07) is 18.9. The fourth-order valence-corrected chi connectivity index (χ4v) is 6.05. The summed E-state index contributed by atoms with van der Waals surface area (Å²) in [6.07, 6.45) is 2.83. The van der Waals surface area contributed by atoms with Crippen LogP contribution in [-0.2, 0) is 10.0 Å². The third-order valence-corrected chi connectivity index (χ3v) is 7.64. The number of thiocarbonyl (C=S) groups is 1. The lowest BCUT2D eigenvalue weighted by molar-refractivity contribution is 0.417. The molecule has 0 aliphatic carbocycles. The number of sulfonamides is 1. The van der Waals surface area contributed by atoms with Crippen LogP contribution in [0.4, 0.5) is 15.8 Å². The zero-order valence-electron chi connectivity index (χ0n) is 21.8. The predicted octanol–water partition coefficient (Wildman–Crippen LogP) is 5.19. The molecule has 0 unspecified atom stereocenters. The Morgan fingerprint density at radius 3 is 2.41 bits per heavy atom. The molecular formula is C28H28FN5O3S2. The summed E-state index contributed by atoms with van der Waals surface area (Å²) in [5.74, 6) is 0.0634. The van der Waals surface area contributed by atoms with Gasteiger partial charge in [-0.05, 0) is 86.2 Å². The molecule has 2 aromatic heterocycles. The van der Waals surface area contributed by atoms with Crippen molar-refractivity contribution in [2.45, 2.75) is 25.9 Å². The number of hydrogen-bond acceptors (Lipinski definition) is 5. The maximum absolute atomic E-state index is 13.7. The highest BCUT2D eigenvalue weighted by Crippen LogP contribution is 2.45. The number of aromatic nitrogens is 2. The normalized spacial score (nSPS) is 17.3. The average molecular weight is 566 g/mol. The second kappa shape index (κ2) is 10.3. The first-order valence-electron chi connectivity index (χ1n) is 12.2. The molecule has 0 radical (unpaired) electrons. The summed E-state index contributed by atoms with van der Waals surface area (Å²) >= 11 is 5.85. The van der Waals surface area contributed by atoms with Crippen LogP contribution in [0.1, 0.15) is 34.7 Å². The molecule has 39 heavy (non-hydrogen) atoms. The molecule has 0 bridgehead atoms. The van der Waals surface area contributed by atoms with Crippen molar-refractivity contribution in [3.63, 3.8) is 0 Å². The Bertz CT molecular complexity index is 1640. The van der Waals surface area contributed by atoms with E-state index in [0.717, 1.165) is 40.3 Å². The van der Waals surface area contributed by atoms with Crippen molar-refractivity contribution in [3.8, 4) is 11.4 Å². The molecule has 11 heteroatoms. The summed E-state index contributed by atoms with van der Waals surface area (Å²) in [7, 11) is -2.02. The second-order valence-electron chi connectivity index (χ2n) is 9.39. The maximum atomic E-state index is 13.7. The Labute approximate surface area is 232 Å². The monoisotopic (exact) mass is 565 g/mol. The van der Waals surface area contributed by atoms with Gasteiger partial charge in [0.15, 0.2) is 5.11 Å². The number of hydrogen-bond donors (Lipinski definition) is 2. The SMILES string of the molecule is COc1cc(N2C(=S)N[C@H](c3ccccn3)[C@@H]2c2cc(C)n(-c3ccc(F)cc3)c2C)ccc1NS(C)(=O)=O. The number of pyridine rings is 1. The molecule has 1 saturated heterocycles. The van der Waals surface area contributed by atoms with Gasteiger partial charge in [-0.25, -0.2) is 12.8 Å². The minimum atomic E-state index is -3.50. The highest BCUT2D eigenvalue weighted by molar-refractivity contribution is 7.92. The van der Waals surface area contributed by atoms with E-state index in [-0.39, 0.29) is 17.9 Å². The summed E-state index contributed by atoms with van der Waals surface area (Å²) in [5, 5.41) is 3.94. The van der Waals surface area contributed by atoms with Gasteiger partial charge >= 0.3 is 0 Å². The van der Waals surface area contributed by atoms with Gasteiger partial charge in [0.25, 0.3) is 0 Å². The molecule has 0 amide bonds. The maximum Gasteiger partial charge on any atom is 0.229 e. The van der Waals surface area contributed by atoms with Crippen LogP contribution in [-0.4, -0.2) is 36.4 Å². The van der Waals surface area contributed by atoms with Crippen LogP contribution in [0.15, 0.2) is 72.9 Å². The van der Waals surface area contributed by atoms with Gasteiger partial charge in [-0.2, -0.15) is 0 Å². The predicted molar refractivity (Wildman–Crippen MR) is 155 cm³/mol.